The first-order chi connectivity index (χ1) is 20.1. The number of carbonyl (C=O) groups is 3. The summed E-state index contributed by atoms with van der Waals surface area (Å²) in [5.74, 6) is -1.82. The van der Waals surface area contributed by atoms with Gasteiger partial charge in [0.1, 0.15) is 11.3 Å². The molecule has 5 N–H and O–H groups in total. The Balaban J connectivity index is 1.72. The van der Waals surface area contributed by atoms with Gasteiger partial charge in [-0.1, -0.05) is 40.2 Å². The van der Waals surface area contributed by atoms with Gasteiger partial charge in [-0.25, -0.2) is 0 Å². The lowest BCUT2D eigenvalue weighted by molar-refractivity contribution is -0.133. The van der Waals surface area contributed by atoms with Crippen LogP contribution in [0.4, 0.5) is 17.1 Å². The predicted octanol–water partition coefficient (Wildman–Crippen LogP) is 4.47. The molecule has 1 aliphatic rings. The van der Waals surface area contributed by atoms with Crippen molar-refractivity contribution in [3.63, 3.8) is 0 Å². The fraction of sp³-hybridized carbons (Fsp3) is 0.219. The maximum atomic E-state index is 14.6. The fourth-order valence-electron chi connectivity index (χ4n) is 5.48. The molecule has 2 atom stereocenters. The number of rotatable bonds is 7. The van der Waals surface area contributed by atoms with Crippen LogP contribution >= 0.6 is 15.9 Å². The van der Waals surface area contributed by atoms with Crippen molar-refractivity contribution < 1.29 is 19.1 Å². The summed E-state index contributed by atoms with van der Waals surface area (Å²) in [6.07, 6.45) is 0. The Kier molecular flexibility index (Phi) is 7.94. The van der Waals surface area contributed by atoms with Crippen LogP contribution in [-0.4, -0.2) is 44.0 Å². The first-order valence-electron chi connectivity index (χ1n) is 13.4. The van der Waals surface area contributed by atoms with Crippen molar-refractivity contribution in [3.8, 4) is 5.75 Å². The molecule has 0 spiro atoms. The summed E-state index contributed by atoms with van der Waals surface area (Å²) in [5, 5.41) is 4.85. The van der Waals surface area contributed by atoms with Crippen LogP contribution in [0.15, 0.2) is 83.3 Å². The molecule has 0 fully saturated rings. The van der Waals surface area contributed by atoms with Gasteiger partial charge in [0.2, 0.25) is 11.8 Å². The summed E-state index contributed by atoms with van der Waals surface area (Å²) in [6.45, 7) is 1.63. The largest absolute Gasteiger partial charge is 0.496 e. The van der Waals surface area contributed by atoms with Gasteiger partial charge in [0.05, 0.1) is 30.9 Å². The highest BCUT2D eigenvalue weighted by Gasteiger charge is 2.48. The average Bonchev–Trinajstić information content (AvgIpc) is 3.11. The minimum Gasteiger partial charge on any atom is -0.496 e. The van der Waals surface area contributed by atoms with E-state index in [-0.39, 0.29) is 24.9 Å². The molecule has 42 heavy (non-hydrogen) atoms. The number of nitrogens with zero attached hydrogens (tertiary/aromatic N) is 2. The highest BCUT2D eigenvalue weighted by atomic mass is 79.9. The molecule has 1 aliphatic heterocycles. The molecule has 0 saturated carbocycles. The maximum absolute atomic E-state index is 14.6. The number of fused-ring (bicyclic) bond motifs is 2. The lowest BCUT2D eigenvalue weighted by atomic mass is 9.83. The number of amides is 3. The minimum absolute atomic E-state index is 0.0878. The molecule has 0 aromatic heterocycles. The van der Waals surface area contributed by atoms with Crippen LogP contribution in [0, 0.1) is 5.92 Å². The number of primary amides is 1. The van der Waals surface area contributed by atoms with Gasteiger partial charge in [-0.3, -0.25) is 14.4 Å². The highest BCUT2D eigenvalue weighted by molar-refractivity contribution is 9.10. The van der Waals surface area contributed by atoms with E-state index in [4.69, 9.17) is 16.2 Å². The van der Waals surface area contributed by atoms with E-state index in [1.807, 2.05) is 42.5 Å². The lowest BCUT2D eigenvalue weighted by Crippen LogP contribution is -2.63. The second-order valence-corrected chi connectivity index (χ2v) is 11.3. The van der Waals surface area contributed by atoms with Crippen molar-refractivity contribution in [3.05, 3.63) is 94.5 Å². The van der Waals surface area contributed by atoms with Crippen LogP contribution in [0.5, 0.6) is 5.75 Å². The predicted molar refractivity (Wildman–Crippen MR) is 169 cm³/mol. The van der Waals surface area contributed by atoms with Gasteiger partial charge in [-0.2, -0.15) is 0 Å². The fourth-order valence-corrected chi connectivity index (χ4v) is 5.86. The van der Waals surface area contributed by atoms with Crippen molar-refractivity contribution in [2.45, 2.75) is 19.0 Å². The van der Waals surface area contributed by atoms with Gasteiger partial charge in [0, 0.05) is 27.8 Å². The zero-order valence-corrected chi connectivity index (χ0v) is 25.1. The molecular formula is C32H32BrN5O4. The molecule has 1 heterocycles. The second kappa shape index (κ2) is 11.5. The van der Waals surface area contributed by atoms with Gasteiger partial charge >= 0.3 is 0 Å². The monoisotopic (exact) mass is 629 g/mol. The van der Waals surface area contributed by atoms with Crippen molar-refractivity contribution >= 4 is 61.5 Å². The molecule has 10 heteroatoms. The summed E-state index contributed by atoms with van der Waals surface area (Å²) in [5.41, 5.74) is 13.1. The summed E-state index contributed by atoms with van der Waals surface area (Å²) in [6, 6.07) is 23.5. The van der Waals surface area contributed by atoms with Crippen molar-refractivity contribution in [1.82, 2.24) is 5.32 Å². The smallest absolute Gasteiger partial charge is 0.258 e. The second-order valence-electron chi connectivity index (χ2n) is 10.4. The van der Waals surface area contributed by atoms with Gasteiger partial charge in [0.15, 0.2) is 0 Å². The average molecular weight is 631 g/mol. The van der Waals surface area contributed by atoms with Crippen molar-refractivity contribution in [2.75, 3.05) is 36.2 Å². The van der Waals surface area contributed by atoms with E-state index in [0.29, 0.717) is 28.4 Å². The van der Waals surface area contributed by atoms with Gasteiger partial charge in [-0.05, 0) is 79.3 Å². The Morgan fingerprint density at radius 2 is 1.74 bits per heavy atom. The summed E-state index contributed by atoms with van der Waals surface area (Å²) < 4.78 is 6.67. The molecule has 5 rings (SSSR count). The molecular weight excluding hydrogens is 598 g/mol. The molecule has 0 radical (unpaired) electrons. The number of nitrogen functional groups attached to an aromatic ring is 1. The number of benzene rings is 4. The van der Waals surface area contributed by atoms with Crippen molar-refractivity contribution in [1.29, 1.82) is 0 Å². The third-order valence-electron chi connectivity index (χ3n) is 8.11. The zero-order chi connectivity index (χ0) is 30.2. The number of nitrogens with one attached hydrogen (secondary N) is 1. The SMILES string of the molecule is CNC(C)(C(N)=O)[C@@H]1CN(C(=O)c2ccc(N)cc2)c2ccccc2N(Cc2c(OC)ccc3cc(Br)ccc23)C1=O. The van der Waals surface area contributed by atoms with E-state index in [2.05, 4.69) is 21.2 Å². The summed E-state index contributed by atoms with van der Waals surface area (Å²) in [4.78, 5) is 44.7. The number of ether oxygens (including phenoxy) is 1. The van der Waals surface area contributed by atoms with Crippen LogP contribution in [0.1, 0.15) is 22.8 Å². The Labute approximate surface area is 252 Å². The minimum atomic E-state index is -1.47. The number of halogens is 1. The van der Waals surface area contributed by atoms with Gasteiger partial charge in [0.25, 0.3) is 5.91 Å². The quantitative estimate of drug-likeness (QED) is 0.259. The van der Waals surface area contributed by atoms with Crippen LogP contribution < -0.4 is 31.3 Å². The van der Waals surface area contributed by atoms with E-state index in [0.717, 1.165) is 20.8 Å². The molecule has 3 amide bonds. The van der Waals surface area contributed by atoms with E-state index in [1.54, 1.807) is 67.3 Å². The number of anilines is 3. The number of hydrogen-bond donors (Lipinski definition) is 3. The normalized spacial score (nSPS) is 16.5. The first kappa shape index (κ1) is 29.1. The number of likely N-dealkylation sites (N-methyl/N-ethyl adjacent to an activating group) is 1. The topological polar surface area (TPSA) is 131 Å². The molecule has 4 aromatic rings. The number of para-hydroxylation sites is 2. The summed E-state index contributed by atoms with van der Waals surface area (Å²) in [7, 11) is 3.17. The Hall–Kier alpha value is -4.41. The van der Waals surface area contributed by atoms with E-state index < -0.39 is 17.4 Å². The molecule has 216 valence electrons. The number of hydrogen-bond acceptors (Lipinski definition) is 6. The molecule has 0 saturated heterocycles. The number of methoxy groups -OCH3 is 1. The number of nitrogens with two attached hydrogens (primary N) is 2. The number of carbonyl (C=O) groups excluding carboxylic acids is 3. The van der Waals surface area contributed by atoms with E-state index >= 15 is 0 Å². The highest BCUT2D eigenvalue weighted by Crippen LogP contribution is 2.40. The third-order valence-corrected chi connectivity index (χ3v) is 8.60. The van der Waals surface area contributed by atoms with E-state index in [1.165, 1.54) is 0 Å². The molecule has 9 nitrogen and oxygen atoms in total. The zero-order valence-electron chi connectivity index (χ0n) is 23.6. The standard InChI is InChI=1S/C32H32BrN5O4/c1-32(36-2,31(35)41)25-18-38(29(39)19-8-12-22(34)13-9-19)27-7-5-4-6-26(27)37(30(25)40)17-24-23-14-11-21(33)16-20(23)10-15-28(24)42-3/h4-16,25,36H,17-18,34H2,1-3H3,(H2,35,41)/t25-,32?/m1/s1. The first-order valence-corrected chi connectivity index (χ1v) is 14.2. The van der Waals surface area contributed by atoms with Gasteiger partial charge < -0.3 is 31.3 Å². The molecule has 1 unspecified atom stereocenters. The molecule has 0 aliphatic carbocycles. The van der Waals surface area contributed by atoms with Crippen LogP contribution in [0.3, 0.4) is 0 Å². The van der Waals surface area contributed by atoms with Crippen LogP contribution in [0.25, 0.3) is 10.8 Å². The Morgan fingerprint density at radius 1 is 1.05 bits per heavy atom. The Morgan fingerprint density at radius 3 is 2.38 bits per heavy atom. The van der Waals surface area contributed by atoms with Crippen LogP contribution in [-0.2, 0) is 16.1 Å². The van der Waals surface area contributed by atoms with Crippen molar-refractivity contribution in [2.24, 2.45) is 11.7 Å². The third kappa shape index (κ3) is 5.08. The Bertz CT molecular complexity index is 1690. The summed E-state index contributed by atoms with van der Waals surface area (Å²) >= 11 is 3.54. The molecule has 4 aromatic carbocycles. The van der Waals surface area contributed by atoms with Crippen LogP contribution in [0.2, 0.25) is 0 Å². The van der Waals surface area contributed by atoms with E-state index in [9.17, 15) is 14.4 Å². The van der Waals surface area contributed by atoms with Gasteiger partial charge in [-0.15, -0.1) is 0 Å². The molecule has 0 bridgehead atoms. The maximum Gasteiger partial charge on any atom is 0.258 e. The lowest BCUT2D eigenvalue weighted by Gasteiger charge is -2.36.